The van der Waals surface area contributed by atoms with E-state index < -0.39 is 0 Å². The van der Waals surface area contributed by atoms with Crippen LogP contribution in [0.2, 0.25) is 0 Å². The molecule has 1 N–H and O–H groups in total. The molecule has 4 rings (SSSR count). The van der Waals surface area contributed by atoms with Crippen LogP contribution in [0, 0.1) is 18.8 Å². The quantitative estimate of drug-likeness (QED) is 0.451. The van der Waals surface area contributed by atoms with Crippen molar-refractivity contribution in [2.75, 3.05) is 26.2 Å². The van der Waals surface area contributed by atoms with Gasteiger partial charge in [0.2, 0.25) is 5.91 Å². The number of carbonyl (C=O) groups is 1. The SMILES string of the molecule is Cc1ccc(-c2csc3ncn(CCC(=O)NCCCCN4CC(C)CC(C)C4)c(=O)c23)cc1. The van der Waals surface area contributed by atoms with E-state index in [1.165, 1.54) is 36.4 Å². The van der Waals surface area contributed by atoms with Gasteiger partial charge in [-0.3, -0.25) is 14.2 Å². The largest absolute Gasteiger partial charge is 0.356 e. The van der Waals surface area contributed by atoms with Gasteiger partial charge in [0.25, 0.3) is 5.56 Å². The average Bonchev–Trinajstić information content (AvgIpc) is 3.23. The van der Waals surface area contributed by atoms with Crippen molar-refractivity contribution in [2.45, 2.75) is 53.0 Å². The molecule has 2 atom stereocenters. The van der Waals surface area contributed by atoms with Gasteiger partial charge in [-0.15, -0.1) is 11.3 Å². The lowest BCUT2D eigenvalue weighted by molar-refractivity contribution is -0.121. The van der Waals surface area contributed by atoms with Crippen LogP contribution in [-0.4, -0.2) is 46.5 Å². The third kappa shape index (κ3) is 6.13. The van der Waals surface area contributed by atoms with Crippen molar-refractivity contribution < 1.29 is 4.79 Å². The van der Waals surface area contributed by atoms with Crippen LogP contribution < -0.4 is 10.9 Å². The molecule has 0 radical (unpaired) electrons. The van der Waals surface area contributed by atoms with Crippen LogP contribution in [0.1, 0.15) is 45.1 Å². The first-order chi connectivity index (χ1) is 16.4. The van der Waals surface area contributed by atoms with E-state index in [-0.39, 0.29) is 17.9 Å². The Kier molecular flexibility index (Phi) is 8.16. The Bertz CT molecular complexity index is 1160. The highest BCUT2D eigenvalue weighted by atomic mass is 32.1. The van der Waals surface area contributed by atoms with Gasteiger partial charge >= 0.3 is 0 Å². The van der Waals surface area contributed by atoms with Gasteiger partial charge in [0, 0.05) is 43.5 Å². The van der Waals surface area contributed by atoms with Gasteiger partial charge < -0.3 is 10.2 Å². The molecule has 3 heterocycles. The summed E-state index contributed by atoms with van der Waals surface area (Å²) >= 11 is 1.48. The number of nitrogens with zero attached hydrogens (tertiary/aromatic N) is 3. The van der Waals surface area contributed by atoms with Crippen LogP contribution >= 0.6 is 11.3 Å². The second kappa shape index (κ2) is 11.3. The van der Waals surface area contributed by atoms with Crippen LogP contribution in [0.15, 0.2) is 40.8 Å². The third-order valence-corrected chi connectivity index (χ3v) is 7.56. The molecule has 1 fully saturated rings. The topological polar surface area (TPSA) is 67.2 Å². The van der Waals surface area contributed by atoms with Crippen molar-refractivity contribution in [3.05, 3.63) is 51.9 Å². The summed E-state index contributed by atoms with van der Waals surface area (Å²) in [7, 11) is 0. The normalized spacial score (nSPS) is 18.9. The molecule has 1 saturated heterocycles. The monoisotopic (exact) mass is 480 g/mol. The van der Waals surface area contributed by atoms with E-state index in [9.17, 15) is 9.59 Å². The fourth-order valence-corrected chi connectivity index (χ4v) is 5.95. The Hall–Kier alpha value is -2.51. The number of piperidine rings is 1. The fourth-order valence-electron chi connectivity index (χ4n) is 5.05. The number of amides is 1. The summed E-state index contributed by atoms with van der Waals surface area (Å²) < 4.78 is 1.56. The van der Waals surface area contributed by atoms with E-state index in [1.54, 1.807) is 10.9 Å². The number of carbonyl (C=O) groups excluding carboxylic acids is 1. The van der Waals surface area contributed by atoms with Crippen molar-refractivity contribution in [3.8, 4) is 11.1 Å². The Morgan fingerprint density at radius 2 is 1.85 bits per heavy atom. The first-order valence-electron chi connectivity index (χ1n) is 12.4. The summed E-state index contributed by atoms with van der Waals surface area (Å²) in [5, 5.41) is 5.64. The molecule has 0 spiro atoms. The van der Waals surface area contributed by atoms with Crippen LogP contribution in [0.3, 0.4) is 0 Å². The van der Waals surface area contributed by atoms with Crippen molar-refractivity contribution in [1.29, 1.82) is 0 Å². The minimum Gasteiger partial charge on any atom is -0.356 e. The number of aromatic nitrogens is 2. The number of hydrogen-bond donors (Lipinski definition) is 1. The molecule has 2 unspecified atom stereocenters. The van der Waals surface area contributed by atoms with Crippen LogP contribution in [0.25, 0.3) is 21.3 Å². The van der Waals surface area contributed by atoms with E-state index >= 15 is 0 Å². The van der Waals surface area contributed by atoms with Crippen LogP contribution in [0.5, 0.6) is 0 Å². The summed E-state index contributed by atoms with van der Waals surface area (Å²) in [6, 6.07) is 8.16. The molecule has 34 heavy (non-hydrogen) atoms. The van der Waals surface area contributed by atoms with Crippen LogP contribution in [-0.2, 0) is 11.3 Å². The lowest BCUT2D eigenvalue weighted by atomic mass is 9.92. The number of thiophene rings is 1. The Labute approximate surface area is 206 Å². The standard InChI is InChI=1S/C27H36N4O2S/c1-19-6-8-22(9-7-19)23-17-34-26-25(23)27(33)31(18-29-26)13-10-24(32)28-11-4-5-12-30-15-20(2)14-21(3)16-30/h6-9,17-18,20-21H,4-5,10-16H2,1-3H3,(H,28,32). The number of hydrogen-bond acceptors (Lipinski definition) is 5. The molecule has 0 aliphatic carbocycles. The van der Waals surface area contributed by atoms with Gasteiger partial charge in [-0.1, -0.05) is 43.7 Å². The number of aryl methyl sites for hydroxylation is 2. The molecular weight excluding hydrogens is 444 g/mol. The predicted octanol–water partition coefficient (Wildman–Crippen LogP) is 4.70. The minimum atomic E-state index is -0.0837. The van der Waals surface area contributed by atoms with Gasteiger partial charge in [0.1, 0.15) is 4.83 Å². The van der Waals surface area contributed by atoms with Crippen molar-refractivity contribution in [1.82, 2.24) is 19.8 Å². The molecule has 0 bridgehead atoms. The van der Waals surface area contributed by atoms with E-state index in [2.05, 4.69) is 29.0 Å². The minimum absolute atomic E-state index is 0.0173. The smallest absolute Gasteiger partial charge is 0.262 e. The summed E-state index contributed by atoms with van der Waals surface area (Å²) in [5.74, 6) is 1.54. The highest BCUT2D eigenvalue weighted by Gasteiger charge is 2.21. The lowest BCUT2D eigenvalue weighted by Gasteiger charge is -2.34. The number of nitrogens with one attached hydrogen (secondary N) is 1. The van der Waals surface area contributed by atoms with Gasteiger partial charge in [0.05, 0.1) is 11.7 Å². The summed E-state index contributed by atoms with van der Waals surface area (Å²) in [4.78, 5) is 33.3. The number of unbranched alkanes of at least 4 members (excludes halogenated alkanes) is 1. The number of rotatable bonds is 9. The van der Waals surface area contributed by atoms with Crippen molar-refractivity contribution >= 4 is 27.5 Å². The van der Waals surface area contributed by atoms with Crippen LogP contribution in [0.4, 0.5) is 0 Å². The first kappa shape index (κ1) is 24.6. The average molecular weight is 481 g/mol. The van der Waals surface area contributed by atoms with Gasteiger partial charge in [-0.2, -0.15) is 0 Å². The highest BCUT2D eigenvalue weighted by molar-refractivity contribution is 7.17. The number of fused-ring (bicyclic) bond motifs is 1. The molecular formula is C27H36N4O2S. The van der Waals surface area contributed by atoms with Crippen molar-refractivity contribution in [3.63, 3.8) is 0 Å². The zero-order chi connectivity index (χ0) is 24.1. The maximum absolute atomic E-state index is 13.2. The molecule has 2 aromatic heterocycles. The van der Waals surface area contributed by atoms with E-state index in [4.69, 9.17) is 0 Å². The van der Waals surface area contributed by atoms with Gasteiger partial charge in [-0.05, 0) is 50.1 Å². The molecule has 0 saturated carbocycles. The molecule has 1 aliphatic heterocycles. The van der Waals surface area contributed by atoms with E-state index in [0.717, 1.165) is 47.2 Å². The Morgan fingerprint density at radius 3 is 2.59 bits per heavy atom. The maximum atomic E-state index is 13.2. The molecule has 6 nitrogen and oxygen atoms in total. The first-order valence-corrected chi connectivity index (χ1v) is 13.3. The summed E-state index contributed by atoms with van der Waals surface area (Å²) in [6.45, 7) is 11.2. The molecule has 7 heteroatoms. The summed E-state index contributed by atoms with van der Waals surface area (Å²) in [6.07, 6.45) is 5.25. The predicted molar refractivity (Wildman–Crippen MR) is 140 cm³/mol. The Balaban J connectivity index is 1.26. The lowest BCUT2D eigenvalue weighted by Crippen LogP contribution is -2.39. The van der Waals surface area contributed by atoms with E-state index in [0.29, 0.717) is 18.5 Å². The van der Waals surface area contributed by atoms with Crippen molar-refractivity contribution in [2.24, 2.45) is 11.8 Å². The molecule has 1 amide bonds. The fraction of sp³-hybridized carbons (Fsp3) is 0.519. The highest BCUT2D eigenvalue weighted by Crippen LogP contribution is 2.30. The maximum Gasteiger partial charge on any atom is 0.262 e. The van der Waals surface area contributed by atoms with Gasteiger partial charge in [0.15, 0.2) is 0 Å². The second-order valence-corrected chi connectivity index (χ2v) is 10.8. The van der Waals surface area contributed by atoms with E-state index in [1.807, 2.05) is 36.6 Å². The zero-order valence-electron chi connectivity index (χ0n) is 20.5. The molecule has 1 aliphatic rings. The third-order valence-electron chi connectivity index (χ3n) is 6.67. The molecule has 1 aromatic carbocycles. The zero-order valence-corrected chi connectivity index (χ0v) is 21.4. The molecule has 3 aromatic rings. The number of likely N-dealkylation sites (tertiary alicyclic amines) is 1. The Morgan fingerprint density at radius 1 is 1.12 bits per heavy atom. The summed E-state index contributed by atoms with van der Waals surface area (Å²) in [5.41, 5.74) is 3.02. The second-order valence-electron chi connectivity index (χ2n) is 9.95. The number of benzene rings is 1. The van der Waals surface area contributed by atoms with Gasteiger partial charge in [-0.25, -0.2) is 4.98 Å². The molecule has 182 valence electrons.